The number of methoxy groups -OCH3 is 1. The largest absolute Gasteiger partial charge is 0.487 e. The van der Waals surface area contributed by atoms with Gasteiger partial charge in [-0.15, -0.1) is 0 Å². The van der Waals surface area contributed by atoms with Crippen LogP contribution in [0.25, 0.3) is 0 Å². The number of carbonyl (C=O) groups excluding carboxylic acids is 2. The second-order valence-corrected chi connectivity index (χ2v) is 8.36. The van der Waals surface area contributed by atoms with Crippen molar-refractivity contribution in [2.75, 3.05) is 53.2 Å². The second-order valence-electron chi connectivity index (χ2n) is 8.36. The van der Waals surface area contributed by atoms with Crippen LogP contribution in [0.3, 0.4) is 0 Å². The molecule has 0 aliphatic carbocycles. The smallest absolute Gasteiger partial charge is 0.343 e. The quantitative estimate of drug-likeness (QED) is 0.377. The summed E-state index contributed by atoms with van der Waals surface area (Å²) < 4.78 is 23.8. The number of esters is 1. The van der Waals surface area contributed by atoms with Gasteiger partial charge in [0, 0.05) is 33.0 Å². The number of carbonyl (C=O) groups is 2. The van der Waals surface area contributed by atoms with Crippen LogP contribution in [-0.2, 0) is 19.7 Å². The van der Waals surface area contributed by atoms with E-state index in [1.807, 2.05) is 13.8 Å². The minimum absolute atomic E-state index is 0.0817. The maximum atomic E-state index is 13.4. The van der Waals surface area contributed by atoms with Crippen molar-refractivity contribution in [3.05, 3.63) is 27.7 Å². The Hall–Kier alpha value is -2.39. The molecule has 3 heterocycles. The summed E-state index contributed by atoms with van der Waals surface area (Å²) in [6, 6.07) is 0. The molecule has 1 spiro atoms. The highest BCUT2D eigenvalue weighted by Crippen LogP contribution is 2.37. The average molecular weight is 451 g/mol. The first-order chi connectivity index (χ1) is 15.5. The van der Waals surface area contributed by atoms with E-state index in [2.05, 4.69) is 0 Å². The maximum absolute atomic E-state index is 13.4. The highest BCUT2D eigenvalue weighted by molar-refractivity contribution is 5.98. The zero-order chi connectivity index (χ0) is 23.1. The summed E-state index contributed by atoms with van der Waals surface area (Å²) in [4.78, 5) is 41.2. The first-order valence-corrected chi connectivity index (χ1v) is 11.4. The number of fused-ring (bicyclic) bond motifs is 2. The summed E-state index contributed by atoms with van der Waals surface area (Å²) in [6.07, 6.45) is 5.29. The zero-order valence-electron chi connectivity index (χ0n) is 19.3. The van der Waals surface area contributed by atoms with Crippen molar-refractivity contribution in [1.29, 1.82) is 0 Å². The second kappa shape index (κ2) is 11.0. The fourth-order valence-corrected chi connectivity index (χ4v) is 4.10. The van der Waals surface area contributed by atoms with Gasteiger partial charge in [-0.2, -0.15) is 0 Å². The minimum Gasteiger partial charge on any atom is -0.487 e. The molecular formula is C23H34N2O7. The summed E-state index contributed by atoms with van der Waals surface area (Å²) in [5, 5.41) is 0. The monoisotopic (exact) mass is 450 g/mol. The Bertz CT molecular complexity index is 874. The zero-order valence-corrected chi connectivity index (χ0v) is 19.3. The number of pyridine rings is 1. The summed E-state index contributed by atoms with van der Waals surface area (Å²) in [5.74, 6) is -1.08. The molecule has 32 heavy (non-hydrogen) atoms. The SMILES string of the molecule is CCCCOC(=O)c1cn2c(c(OCCCC)c1=O)C(=O)N(CCOC)CC21CCOC1. The molecule has 9 heteroatoms. The predicted octanol–water partition coefficient (Wildman–Crippen LogP) is 2.20. The van der Waals surface area contributed by atoms with Gasteiger partial charge in [0.05, 0.1) is 32.0 Å². The highest BCUT2D eigenvalue weighted by Gasteiger charge is 2.47. The number of unbranched alkanes of at least 4 members (excludes halogenated alkanes) is 2. The summed E-state index contributed by atoms with van der Waals surface area (Å²) in [6.45, 7) is 6.59. The number of hydrogen-bond donors (Lipinski definition) is 0. The normalized spacial score (nSPS) is 20.0. The lowest BCUT2D eigenvalue weighted by atomic mass is 9.92. The van der Waals surface area contributed by atoms with E-state index >= 15 is 0 Å². The Balaban J connectivity index is 2.12. The van der Waals surface area contributed by atoms with E-state index in [0.29, 0.717) is 45.8 Å². The Kier molecular flexibility index (Phi) is 8.31. The molecule has 178 valence electrons. The van der Waals surface area contributed by atoms with Crippen LogP contribution in [-0.4, -0.2) is 74.6 Å². The molecule has 0 radical (unpaired) electrons. The lowest BCUT2D eigenvalue weighted by molar-refractivity contribution is 0.0408. The number of amides is 1. The van der Waals surface area contributed by atoms with Crippen molar-refractivity contribution in [3.63, 3.8) is 0 Å². The summed E-state index contributed by atoms with van der Waals surface area (Å²) in [5.41, 5.74) is -1.12. The summed E-state index contributed by atoms with van der Waals surface area (Å²) in [7, 11) is 1.58. The molecule has 1 aromatic rings. The van der Waals surface area contributed by atoms with Crippen LogP contribution >= 0.6 is 0 Å². The van der Waals surface area contributed by atoms with E-state index in [4.69, 9.17) is 18.9 Å². The molecule has 0 saturated carbocycles. The van der Waals surface area contributed by atoms with Gasteiger partial charge < -0.3 is 28.4 Å². The molecule has 1 fully saturated rings. The van der Waals surface area contributed by atoms with Crippen molar-refractivity contribution < 1.29 is 28.5 Å². The van der Waals surface area contributed by atoms with Crippen LogP contribution in [0.5, 0.6) is 5.75 Å². The van der Waals surface area contributed by atoms with Gasteiger partial charge in [-0.3, -0.25) is 9.59 Å². The molecule has 2 aliphatic heterocycles. The molecule has 1 amide bonds. The van der Waals surface area contributed by atoms with E-state index in [1.54, 1.807) is 16.6 Å². The van der Waals surface area contributed by atoms with Crippen LogP contribution in [0.15, 0.2) is 11.0 Å². The molecule has 1 aromatic heterocycles. The van der Waals surface area contributed by atoms with Gasteiger partial charge in [0.1, 0.15) is 5.56 Å². The van der Waals surface area contributed by atoms with Crippen LogP contribution < -0.4 is 10.2 Å². The molecule has 3 rings (SSSR count). The van der Waals surface area contributed by atoms with Crippen LogP contribution in [0.4, 0.5) is 0 Å². The molecule has 0 aromatic carbocycles. The maximum Gasteiger partial charge on any atom is 0.343 e. The standard InChI is InChI=1S/C23H34N2O7/c1-4-6-10-31-20-18-21(27)24(9-13-29-3)15-23(8-12-30-16-23)25(18)14-17(19(20)26)22(28)32-11-7-5-2/h14H,4-13,15-16H2,1-3H3. The van der Waals surface area contributed by atoms with Crippen LogP contribution in [0, 0.1) is 0 Å². The third kappa shape index (κ3) is 4.83. The van der Waals surface area contributed by atoms with Gasteiger partial charge in [-0.05, 0) is 19.3 Å². The topological polar surface area (TPSA) is 96.3 Å². The van der Waals surface area contributed by atoms with Gasteiger partial charge in [-0.25, -0.2) is 4.79 Å². The third-order valence-corrected chi connectivity index (χ3v) is 5.99. The van der Waals surface area contributed by atoms with Crippen molar-refractivity contribution in [1.82, 2.24) is 9.47 Å². The van der Waals surface area contributed by atoms with E-state index in [0.717, 1.165) is 19.3 Å². The molecule has 2 aliphatic rings. The van der Waals surface area contributed by atoms with Gasteiger partial charge in [0.15, 0.2) is 11.4 Å². The minimum atomic E-state index is -0.692. The van der Waals surface area contributed by atoms with Gasteiger partial charge in [0.2, 0.25) is 5.43 Å². The fourth-order valence-electron chi connectivity index (χ4n) is 4.10. The van der Waals surface area contributed by atoms with Gasteiger partial charge in [0.25, 0.3) is 5.91 Å². The number of hydrogen-bond acceptors (Lipinski definition) is 7. The highest BCUT2D eigenvalue weighted by atomic mass is 16.5. The first-order valence-electron chi connectivity index (χ1n) is 11.4. The predicted molar refractivity (Wildman–Crippen MR) is 117 cm³/mol. The Morgan fingerprint density at radius 3 is 2.56 bits per heavy atom. The Labute approximate surface area is 188 Å². The molecule has 1 saturated heterocycles. The first kappa shape index (κ1) is 24.3. The Morgan fingerprint density at radius 1 is 1.16 bits per heavy atom. The fraction of sp³-hybridized carbons (Fsp3) is 0.696. The van der Waals surface area contributed by atoms with Crippen molar-refractivity contribution in [2.24, 2.45) is 0 Å². The average Bonchev–Trinajstić information content (AvgIpc) is 3.25. The van der Waals surface area contributed by atoms with Crippen LogP contribution in [0.1, 0.15) is 66.8 Å². The van der Waals surface area contributed by atoms with Crippen molar-refractivity contribution >= 4 is 11.9 Å². The molecule has 1 unspecified atom stereocenters. The molecular weight excluding hydrogens is 416 g/mol. The van der Waals surface area contributed by atoms with E-state index < -0.39 is 16.9 Å². The number of ether oxygens (including phenoxy) is 4. The molecule has 1 atom stereocenters. The molecule has 0 bridgehead atoms. The Morgan fingerprint density at radius 2 is 1.91 bits per heavy atom. The van der Waals surface area contributed by atoms with E-state index in [-0.39, 0.29) is 36.1 Å². The van der Waals surface area contributed by atoms with Crippen molar-refractivity contribution in [2.45, 2.75) is 51.5 Å². The van der Waals surface area contributed by atoms with Crippen LogP contribution in [0.2, 0.25) is 0 Å². The summed E-state index contributed by atoms with van der Waals surface area (Å²) >= 11 is 0. The molecule has 9 nitrogen and oxygen atoms in total. The number of aromatic nitrogens is 1. The molecule has 0 N–H and O–H groups in total. The van der Waals surface area contributed by atoms with E-state index in [1.165, 1.54) is 6.20 Å². The van der Waals surface area contributed by atoms with E-state index in [9.17, 15) is 14.4 Å². The third-order valence-electron chi connectivity index (χ3n) is 5.99. The number of nitrogens with zero attached hydrogens (tertiary/aromatic N) is 2. The lowest BCUT2D eigenvalue weighted by Crippen LogP contribution is -2.56. The lowest BCUT2D eigenvalue weighted by Gasteiger charge is -2.43. The van der Waals surface area contributed by atoms with Crippen molar-refractivity contribution in [3.8, 4) is 5.75 Å². The van der Waals surface area contributed by atoms with Gasteiger partial charge >= 0.3 is 5.97 Å². The number of rotatable bonds is 11. The van der Waals surface area contributed by atoms with Gasteiger partial charge in [-0.1, -0.05) is 26.7 Å².